The molecule has 3 amide bonds. The van der Waals surface area contributed by atoms with Crippen molar-refractivity contribution in [3.05, 3.63) is 18.2 Å². The second-order valence-corrected chi connectivity index (χ2v) is 6.66. The fourth-order valence-corrected chi connectivity index (χ4v) is 2.45. The van der Waals surface area contributed by atoms with E-state index in [2.05, 4.69) is 25.9 Å². The largest absolute Gasteiger partial charge is 0.481 e. The van der Waals surface area contributed by atoms with Crippen LogP contribution in [0.2, 0.25) is 0 Å². The first kappa shape index (κ1) is 26.0. The first-order valence-corrected chi connectivity index (χ1v) is 9.26. The van der Waals surface area contributed by atoms with Gasteiger partial charge in [0.05, 0.1) is 25.3 Å². The predicted molar refractivity (Wildman–Crippen MR) is 104 cm³/mol. The Morgan fingerprint density at radius 2 is 1.69 bits per heavy atom. The Kier molecular flexibility index (Phi) is 10.3. The first-order chi connectivity index (χ1) is 15.0. The maximum Gasteiger partial charge on any atom is 0.326 e. The van der Waals surface area contributed by atoms with E-state index in [-0.39, 0.29) is 12.8 Å². The number of hydrogen-bond donors (Lipinski definition) is 8. The Morgan fingerprint density at radius 1 is 1.00 bits per heavy atom. The van der Waals surface area contributed by atoms with E-state index in [9.17, 15) is 28.8 Å². The second-order valence-electron chi connectivity index (χ2n) is 6.66. The third-order valence-electron chi connectivity index (χ3n) is 4.05. The maximum absolute atomic E-state index is 12.5. The van der Waals surface area contributed by atoms with Gasteiger partial charge in [-0.1, -0.05) is 0 Å². The van der Waals surface area contributed by atoms with Gasteiger partial charge in [-0.2, -0.15) is 0 Å². The number of imidazole rings is 1. The smallest absolute Gasteiger partial charge is 0.326 e. The van der Waals surface area contributed by atoms with E-state index in [0.717, 1.165) is 0 Å². The number of nitrogens with zero attached hydrogens (tertiary/aromatic N) is 1. The first-order valence-electron chi connectivity index (χ1n) is 9.26. The molecule has 0 aliphatic heterocycles. The zero-order valence-electron chi connectivity index (χ0n) is 16.7. The lowest BCUT2D eigenvalue weighted by atomic mass is 10.1. The van der Waals surface area contributed by atoms with E-state index in [1.54, 1.807) is 0 Å². The number of aliphatic carboxylic acids is 3. The molecular formula is C17H24N6O9. The number of carboxylic acids is 3. The van der Waals surface area contributed by atoms with Gasteiger partial charge in [-0.3, -0.25) is 24.0 Å². The van der Waals surface area contributed by atoms with Crippen molar-refractivity contribution in [1.82, 2.24) is 25.9 Å². The van der Waals surface area contributed by atoms with Gasteiger partial charge in [0.15, 0.2) is 0 Å². The molecular weight excluding hydrogens is 432 g/mol. The summed E-state index contributed by atoms with van der Waals surface area (Å²) >= 11 is 0. The zero-order valence-corrected chi connectivity index (χ0v) is 16.7. The van der Waals surface area contributed by atoms with Crippen molar-refractivity contribution in [2.24, 2.45) is 5.73 Å². The van der Waals surface area contributed by atoms with Crippen molar-refractivity contribution in [2.75, 3.05) is 6.54 Å². The third kappa shape index (κ3) is 9.66. The highest BCUT2D eigenvalue weighted by molar-refractivity contribution is 5.93. The van der Waals surface area contributed by atoms with Crippen LogP contribution in [0.4, 0.5) is 0 Å². The number of carboxylic acid groups (broad SMARTS) is 3. The molecule has 15 nitrogen and oxygen atoms in total. The van der Waals surface area contributed by atoms with Crippen LogP contribution >= 0.6 is 0 Å². The van der Waals surface area contributed by atoms with Gasteiger partial charge >= 0.3 is 17.9 Å². The second kappa shape index (κ2) is 12.6. The summed E-state index contributed by atoms with van der Waals surface area (Å²) in [7, 11) is 0. The zero-order chi connectivity index (χ0) is 24.3. The molecule has 3 unspecified atom stereocenters. The summed E-state index contributed by atoms with van der Waals surface area (Å²) in [5.41, 5.74) is 5.93. The van der Waals surface area contributed by atoms with Crippen LogP contribution in [0.1, 0.15) is 25.0 Å². The summed E-state index contributed by atoms with van der Waals surface area (Å²) in [6, 6.07) is -4.14. The molecule has 0 saturated carbocycles. The summed E-state index contributed by atoms with van der Waals surface area (Å²) in [5.74, 6) is -6.63. The monoisotopic (exact) mass is 456 g/mol. The summed E-state index contributed by atoms with van der Waals surface area (Å²) in [5, 5.41) is 33.0. The van der Waals surface area contributed by atoms with Gasteiger partial charge in [0.25, 0.3) is 0 Å². The van der Waals surface area contributed by atoms with Crippen LogP contribution < -0.4 is 21.7 Å². The van der Waals surface area contributed by atoms with E-state index in [1.807, 2.05) is 0 Å². The van der Waals surface area contributed by atoms with Crippen LogP contribution in [0.25, 0.3) is 0 Å². The number of hydrogen-bond acceptors (Lipinski definition) is 8. The van der Waals surface area contributed by atoms with Gasteiger partial charge < -0.3 is 42.0 Å². The van der Waals surface area contributed by atoms with Crippen LogP contribution in [-0.2, 0) is 35.2 Å². The van der Waals surface area contributed by atoms with Crippen molar-refractivity contribution in [3.8, 4) is 0 Å². The maximum atomic E-state index is 12.5. The quantitative estimate of drug-likeness (QED) is 0.138. The molecule has 0 aromatic carbocycles. The number of aromatic nitrogens is 2. The van der Waals surface area contributed by atoms with Crippen LogP contribution in [-0.4, -0.2) is 85.6 Å². The molecule has 0 spiro atoms. The molecule has 0 aliphatic rings. The van der Waals surface area contributed by atoms with Gasteiger partial charge in [0, 0.05) is 24.7 Å². The number of amides is 3. The average Bonchev–Trinajstić information content (AvgIpc) is 3.20. The number of H-pyrrole nitrogens is 1. The number of rotatable bonds is 14. The number of aromatic amines is 1. The lowest BCUT2D eigenvalue weighted by Crippen LogP contribution is -2.54. The van der Waals surface area contributed by atoms with E-state index in [0.29, 0.717) is 5.69 Å². The average molecular weight is 456 g/mol. The van der Waals surface area contributed by atoms with Gasteiger partial charge in [-0.15, -0.1) is 0 Å². The van der Waals surface area contributed by atoms with E-state index in [1.165, 1.54) is 12.5 Å². The SMILES string of the molecule is NC(CC(=O)O)C(=O)NC(Cc1cnc[nH]1)C(=O)NCC(=O)NC(CCC(=O)O)C(=O)O. The van der Waals surface area contributed by atoms with Crippen molar-refractivity contribution in [3.63, 3.8) is 0 Å². The van der Waals surface area contributed by atoms with Crippen LogP contribution in [0.5, 0.6) is 0 Å². The van der Waals surface area contributed by atoms with Gasteiger partial charge in [-0.25, -0.2) is 9.78 Å². The highest BCUT2D eigenvalue weighted by Crippen LogP contribution is 2.01. The molecule has 32 heavy (non-hydrogen) atoms. The summed E-state index contributed by atoms with van der Waals surface area (Å²) in [6.45, 7) is -0.661. The number of nitrogens with one attached hydrogen (secondary N) is 4. The third-order valence-corrected chi connectivity index (χ3v) is 4.05. The van der Waals surface area contributed by atoms with Crippen molar-refractivity contribution in [2.45, 2.75) is 43.8 Å². The lowest BCUT2D eigenvalue weighted by molar-refractivity contribution is -0.143. The molecule has 9 N–H and O–H groups in total. The molecule has 1 aromatic heterocycles. The Bertz CT molecular complexity index is 842. The minimum atomic E-state index is -1.47. The Balaban J connectivity index is 2.72. The molecule has 0 saturated heterocycles. The molecule has 3 atom stereocenters. The molecule has 1 rings (SSSR count). The Hall–Kier alpha value is -4.01. The Morgan fingerprint density at radius 3 is 2.22 bits per heavy atom. The van der Waals surface area contributed by atoms with Crippen molar-refractivity contribution >= 4 is 35.6 Å². The molecule has 176 valence electrons. The summed E-state index contributed by atoms with van der Waals surface area (Å²) in [6.07, 6.45) is 1.12. The van der Waals surface area contributed by atoms with Crippen molar-refractivity contribution < 1.29 is 44.1 Å². The standard InChI is InChI=1S/C17H24N6O9/c18-9(4-14(27)28)15(29)23-11(3-8-5-19-7-21-8)16(30)20-6-12(24)22-10(17(31)32)1-2-13(25)26/h5,7,9-11H,1-4,6,18H2,(H,19,21)(H,20,30)(H,22,24)(H,23,29)(H,25,26)(H,27,28)(H,31,32). The summed E-state index contributed by atoms with van der Waals surface area (Å²) in [4.78, 5) is 75.5. The normalized spacial score (nSPS) is 13.3. The fourth-order valence-electron chi connectivity index (χ4n) is 2.45. The van der Waals surface area contributed by atoms with Gasteiger partial charge in [-0.05, 0) is 6.42 Å². The molecule has 0 aliphatic carbocycles. The molecule has 0 fully saturated rings. The topological polar surface area (TPSA) is 254 Å². The lowest BCUT2D eigenvalue weighted by Gasteiger charge is -2.20. The van der Waals surface area contributed by atoms with Crippen LogP contribution in [0.3, 0.4) is 0 Å². The van der Waals surface area contributed by atoms with Gasteiger partial charge in [0.1, 0.15) is 12.1 Å². The number of carbonyl (C=O) groups is 6. The number of nitrogens with two attached hydrogens (primary N) is 1. The van der Waals surface area contributed by atoms with Crippen LogP contribution in [0.15, 0.2) is 12.5 Å². The fraction of sp³-hybridized carbons (Fsp3) is 0.471. The molecule has 1 heterocycles. The minimum absolute atomic E-state index is 0.0880. The predicted octanol–water partition coefficient (Wildman–Crippen LogP) is -3.21. The van der Waals surface area contributed by atoms with E-state index in [4.69, 9.17) is 21.1 Å². The highest BCUT2D eigenvalue weighted by Gasteiger charge is 2.27. The van der Waals surface area contributed by atoms with E-state index < -0.39 is 73.1 Å². The van der Waals surface area contributed by atoms with Crippen LogP contribution in [0, 0.1) is 0 Å². The molecule has 15 heteroatoms. The minimum Gasteiger partial charge on any atom is -0.481 e. The summed E-state index contributed by atoms with van der Waals surface area (Å²) < 4.78 is 0. The molecule has 0 bridgehead atoms. The van der Waals surface area contributed by atoms with E-state index >= 15 is 0 Å². The Labute approximate surface area is 180 Å². The number of carbonyl (C=O) groups excluding carboxylic acids is 3. The highest BCUT2D eigenvalue weighted by atomic mass is 16.4. The van der Waals surface area contributed by atoms with Crippen molar-refractivity contribution in [1.29, 1.82) is 0 Å². The molecule has 1 aromatic rings. The molecule has 0 radical (unpaired) electrons. The van der Waals surface area contributed by atoms with Gasteiger partial charge in [0.2, 0.25) is 17.7 Å².